The summed E-state index contributed by atoms with van der Waals surface area (Å²) in [5.41, 5.74) is 2.85. The summed E-state index contributed by atoms with van der Waals surface area (Å²) < 4.78 is 10.9. The van der Waals surface area contributed by atoms with Gasteiger partial charge >= 0.3 is 0 Å². The minimum atomic E-state index is -0.0429. The number of H-pyrrole nitrogens is 1. The lowest BCUT2D eigenvalue weighted by Gasteiger charge is -2.28. The predicted octanol–water partition coefficient (Wildman–Crippen LogP) is 3.25. The van der Waals surface area contributed by atoms with Gasteiger partial charge in [-0.25, -0.2) is 0 Å². The highest BCUT2D eigenvalue weighted by atomic mass is 16.5. The summed E-state index contributed by atoms with van der Waals surface area (Å²) in [6.07, 6.45) is 1.32. The fourth-order valence-corrected chi connectivity index (χ4v) is 3.14. The number of fused-ring (bicyclic) bond motifs is 1. The number of carbonyl (C=O) groups is 1. The van der Waals surface area contributed by atoms with Gasteiger partial charge in [0.25, 0.3) is 0 Å². The highest BCUT2D eigenvalue weighted by molar-refractivity contribution is 6.05. The van der Waals surface area contributed by atoms with E-state index in [1.54, 1.807) is 14.2 Å². The largest absolute Gasteiger partial charge is 0.496 e. The third-order valence-corrected chi connectivity index (χ3v) is 4.08. The van der Waals surface area contributed by atoms with Gasteiger partial charge in [-0.3, -0.25) is 9.89 Å². The number of nitrogens with zero attached hydrogens (tertiary/aromatic N) is 1. The quantitative estimate of drug-likeness (QED) is 0.945. The van der Waals surface area contributed by atoms with Gasteiger partial charge in [-0.15, -0.1) is 0 Å². The summed E-state index contributed by atoms with van der Waals surface area (Å²) in [6, 6.07) is 5.54. The minimum Gasteiger partial charge on any atom is -0.496 e. The summed E-state index contributed by atoms with van der Waals surface area (Å²) in [6.45, 7) is 4.19. The van der Waals surface area contributed by atoms with Crippen LogP contribution in [0.4, 0.5) is 0 Å². The molecule has 0 fully saturated rings. The number of ketones is 1. The van der Waals surface area contributed by atoms with Crippen LogP contribution in [0.15, 0.2) is 18.2 Å². The van der Waals surface area contributed by atoms with Crippen molar-refractivity contribution in [2.24, 2.45) is 5.41 Å². The van der Waals surface area contributed by atoms with Crippen molar-refractivity contribution in [2.45, 2.75) is 26.7 Å². The second kappa shape index (κ2) is 5.16. The maximum Gasteiger partial charge on any atom is 0.167 e. The first-order valence-electron chi connectivity index (χ1n) is 7.28. The molecule has 5 nitrogen and oxygen atoms in total. The highest BCUT2D eigenvalue weighted by Crippen LogP contribution is 2.43. The lowest BCUT2D eigenvalue weighted by atomic mass is 9.75. The van der Waals surface area contributed by atoms with E-state index in [0.29, 0.717) is 29.2 Å². The molecule has 0 spiro atoms. The molecule has 0 unspecified atom stereocenters. The van der Waals surface area contributed by atoms with Crippen molar-refractivity contribution in [3.63, 3.8) is 0 Å². The Labute approximate surface area is 129 Å². The van der Waals surface area contributed by atoms with Crippen molar-refractivity contribution in [1.29, 1.82) is 0 Å². The van der Waals surface area contributed by atoms with E-state index < -0.39 is 0 Å². The summed E-state index contributed by atoms with van der Waals surface area (Å²) in [5, 5.41) is 7.43. The molecule has 0 atom stereocenters. The van der Waals surface area contributed by atoms with Crippen LogP contribution in [0, 0.1) is 5.41 Å². The number of aromatic amines is 1. The molecule has 1 aliphatic rings. The molecule has 1 N–H and O–H groups in total. The standard InChI is InChI=1S/C17H20N2O3/c1-17(2)8-10-14(11(20)9-17)16(19-18-10)15-12(21-3)6-5-7-13(15)22-4/h5-7H,8-9H2,1-4H3,(H,18,19). The lowest BCUT2D eigenvalue weighted by molar-refractivity contribution is 0.0912. The zero-order chi connectivity index (χ0) is 15.9. The van der Waals surface area contributed by atoms with Crippen LogP contribution >= 0.6 is 0 Å². The number of rotatable bonds is 3. The second-order valence-electron chi connectivity index (χ2n) is 6.40. The molecule has 116 valence electrons. The van der Waals surface area contributed by atoms with Gasteiger partial charge in [0.1, 0.15) is 17.2 Å². The number of hydrogen-bond acceptors (Lipinski definition) is 4. The molecule has 1 aromatic heterocycles. The van der Waals surface area contributed by atoms with Crippen molar-refractivity contribution in [3.8, 4) is 22.8 Å². The van der Waals surface area contributed by atoms with E-state index >= 15 is 0 Å². The van der Waals surface area contributed by atoms with Crippen molar-refractivity contribution in [3.05, 3.63) is 29.5 Å². The molecule has 0 saturated heterocycles. The molecule has 1 aromatic carbocycles. The smallest absolute Gasteiger partial charge is 0.167 e. The Balaban J connectivity index is 2.21. The Morgan fingerprint density at radius 3 is 2.32 bits per heavy atom. The van der Waals surface area contributed by atoms with Gasteiger partial charge in [-0.05, 0) is 24.0 Å². The van der Waals surface area contributed by atoms with Crippen molar-refractivity contribution >= 4 is 5.78 Å². The first-order chi connectivity index (χ1) is 10.5. The van der Waals surface area contributed by atoms with Crippen LogP contribution in [0.5, 0.6) is 11.5 Å². The van der Waals surface area contributed by atoms with Crippen molar-refractivity contribution in [2.75, 3.05) is 14.2 Å². The van der Waals surface area contributed by atoms with Crippen LogP contribution in [-0.4, -0.2) is 30.2 Å². The number of hydrogen-bond donors (Lipinski definition) is 1. The van der Waals surface area contributed by atoms with E-state index in [9.17, 15) is 4.79 Å². The van der Waals surface area contributed by atoms with E-state index in [4.69, 9.17) is 9.47 Å². The molecule has 0 saturated carbocycles. The van der Waals surface area contributed by atoms with E-state index in [2.05, 4.69) is 24.0 Å². The Morgan fingerprint density at radius 2 is 1.73 bits per heavy atom. The summed E-state index contributed by atoms with van der Waals surface area (Å²) in [7, 11) is 3.20. The average Bonchev–Trinajstić information content (AvgIpc) is 2.88. The number of carbonyl (C=O) groups excluding carboxylic acids is 1. The highest BCUT2D eigenvalue weighted by Gasteiger charge is 2.36. The molecule has 5 heteroatoms. The fourth-order valence-electron chi connectivity index (χ4n) is 3.14. The number of benzene rings is 1. The molecule has 1 aliphatic carbocycles. The molecule has 0 amide bonds. The maximum atomic E-state index is 12.6. The number of nitrogens with one attached hydrogen (secondary N) is 1. The number of ether oxygens (including phenoxy) is 2. The van der Waals surface area contributed by atoms with Gasteiger partial charge in [0.15, 0.2) is 5.78 Å². The van der Waals surface area contributed by atoms with Gasteiger partial charge in [-0.1, -0.05) is 19.9 Å². The molecular weight excluding hydrogens is 280 g/mol. The molecule has 0 bridgehead atoms. The van der Waals surface area contributed by atoms with Gasteiger partial charge in [-0.2, -0.15) is 5.10 Å². The number of aromatic nitrogens is 2. The van der Waals surface area contributed by atoms with Gasteiger partial charge in [0.05, 0.1) is 25.3 Å². The van der Waals surface area contributed by atoms with E-state index in [-0.39, 0.29) is 11.2 Å². The summed E-state index contributed by atoms with van der Waals surface area (Å²) in [4.78, 5) is 12.6. The summed E-state index contributed by atoms with van der Waals surface area (Å²) in [5.74, 6) is 1.40. The first kappa shape index (κ1) is 14.6. The minimum absolute atomic E-state index is 0.0429. The third-order valence-electron chi connectivity index (χ3n) is 4.08. The molecule has 22 heavy (non-hydrogen) atoms. The molecule has 3 rings (SSSR count). The summed E-state index contributed by atoms with van der Waals surface area (Å²) >= 11 is 0. The van der Waals surface area contributed by atoms with Crippen LogP contribution < -0.4 is 9.47 Å². The lowest BCUT2D eigenvalue weighted by Crippen LogP contribution is -2.26. The van der Waals surface area contributed by atoms with Crippen LogP contribution in [-0.2, 0) is 6.42 Å². The van der Waals surface area contributed by atoms with E-state index in [1.165, 1.54) is 0 Å². The SMILES string of the molecule is COc1cccc(OC)c1-c1n[nH]c2c1C(=O)CC(C)(C)C2. The predicted molar refractivity (Wildman–Crippen MR) is 83.6 cm³/mol. The van der Waals surface area contributed by atoms with Crippen molar-refractivity contribution in [1.82, 2.24) is 10.2 Å². The third kappa shape index (κ3) is 2.26. The first-order valence-corrected chi connectivity index (χ1v) is 7.28. The Bertz CT molecular complexity index is 709. The fraction of sp³-hybridized carbons (Fsp3) is 0.412. The number of Topliss-reactive ketones (excluding diaryl/α,β-unsaturated/α-hetero) is 1. The van der Waals surface area contributed by atoms with Crippen LogP contribution in [0.3, 0.4) is 0 Å². The topological polar surface area (TPSA) is 64.2 Å². The van der Waals surface area contributed by atoms with Crippen molar-refractivity contribution < 1.29 is 14.3 Å². The maximum absolute atomic E-state index is 12.6. The van der Waals surface area contributed by atoms with Gasteiger partial charge < -0.3 is 9.47 Å². The number of methoxy groups -OCH3 is 2. The van der Waals surface area contributed by atoms with Crippen LogP contribution in [0.25, 0.3) is 11.3 Å². The zero-order valence-corrected chi connectivity index (χ0v) is 13.3. The van der Waals surface area contributed by atoms with Gasteiger partial charge in [0, 0.05) is 12.1 Å². The van der Waals surface area contributed by atoms with E-state index in [1.807, 2.05) is 18.2 Å². The molecular formula is C17H20N2O3. The average molecular weight is 300 g/mol. The monoisotopic (exact) mass is 300 g/mol. The van der Waals surface area contributed by atoms with E-state index in [0.717, 1.165) is 17.7 Å². The molecule has 0 aliphatic heterocycles. The Morgan fingerprint density at radius 1 is 1.09 bits per heavy atom. The normalized spacial score (nSPS) is 16.3. The van der Waals surface area contributed by atoms with Crippen LogP contribution in [0.1, 0.15) is 36.3 Å². The Hall–Kier alpha value is -2.30. The molecule has 0 radical (unpaired) electrons. The van der Waals surface area contributed by atoms with Crippen LogP contribution in [0.2, 0.25) is 0 Å². The Kier molecular flexibility index (Phi) is 3.43. The zero-order valence-electron chi connectivity index (χ0n) is 13.3. The molecule has 2 aromatic rings. The second-order valence-corrected chi connectivity index (χ2v) is 6.40. The van der Waals surface area contributed by atoms with Gasteiger partial charge in [0.2, 0.25) is 0 Å². The molecule has 1 heterocycles.